The van der Waals surface area contributed by atoms with Crippen LogP contribution in [0, 0.1) is 0 Å². The van der Waals surface area contributed by atoms with Gasteiger partial charge in [-0.05, 0) is 46.3 Å². The number of nitrogens with one attached hydrogen (secondary N) is 2. The molecule has 172 valence electrons. The Morgan fingerprint density at radius 1 is 0.971 bits per heavy atom. The average Bonchev–Trinajstić information content (AvgIpc) is 3.54. The first-order valence-corrected chi connectivity index (χ1v) is 11.9. The van der Waals surface area contributed by atoms with Gasteiger partial charge in [-0.3, -0.25) is 9.59 Å². The monoisotopic (exact) mass is 478 g/mol. The number of primary amides is 1. The number of rotatable bonds is 7. The first-order valence-electron chi connectivity index (χ1n) is 11.0. The van der Waals surface area contributed by atoms with Crippen LogP contribution in [0.4, 0.5) is 5.82 Å². The number of carbonyl (C=O) groups excluding carboxylic acids is 2. The lowest BCUT2D eigenvalue weighted by Gasteiger charge is -2.06. The molecule has 6 nitrogen and oxygen atoms in total. The number of amides is 2. The van der Waals surface area contributed by atoms with E-state index in [-0.39, 0.29) is 12.3 Å². The Morgan fingerprint density at radius 3 is 2.49 bits per heavy atom. The average molecular weight is 479 g/mol. The number of H-pyrrole nitrogens is 1. The van der Waals surface area contributed by atoms with Crippen LogP contribution in [0.15, 0.2) is 90.4 Å². The molecular formula is C28H22N4O2S. The van der Waals surface area contributed by atoms with E-state index in [0.717, 1.165) is 27.6 Å². The SMILES string of the molecule is NC(=O)/C(=C\c1c[nH]c2nc(NC(=O)Cc3ccc(-c4cccs4)cc3)ccc12)c1ccccc1. The standard InChI is InChI=1S/C28H22N4O2S/c29-27(34)23(19-5-2-1-3-6-19)16-21-17-30-28-22(21)12-13-25(32-28)31-26(33)15-18-8-10-20(11-9-18)24-7-4-14-35-24/h1-14,16-17H,15H2,(H2,29,34)(H2,30,31,32,33)/b23-16-. The number of thiophene rings is 1. The maximum absolute atomic E-state index is 12.6. The molecule has 0 spiro atoms. The predicted molar refractivity (Wildman–Crippen MR) is 142 cm³/mol. The largest absolute Gasteiger partial charge is 0.366 e. The van der Waals surface area contributed by atoms with E-state index in [1.54, 1.807) is 29.7 Å². The summed E-state index contributed by atoms with van der Waals surface area (Å²) in [4.78, 5) is 33.5. The van der Waals surface area contributed by atoms with E-state index in [9.17, 15) is 9.59 Å². The van der Waals surface area contributed by atoms with E-state index in [4.69, 9.17) is 5.73 Å². The third-order valence-corrected chi connectivity index (χ3v) is 6.53. The topological polar surface area (TPSA) is 101 Å². The molecule has 0 radical (unpaired) electrons. The third-order valence-electron chi connectivity index (χ3n) is 5.61. The fourth-order valence-corrected chi connectivity index (χ4v) is 4.62. The first kappa shape index (κ1) is 22.3. The second-order valence-corrected chi connectivity index (χ2v) is 8.97. The molecule has 0 aliphatic carbocycles. The van der Waals surface area contributed by atoms with Crippen molar-refractivity contribution in [2.75, 3.05) is 5.32 Å². The number of hydrogen-bond donors (Lipinski definition) is 3. The highest BCUT2D eigenvalue weighted by molar-refractivity contribution is 7.13. The number of carbonyl (C=O) groups is 2. The molecular weight excluding hydrogens is 456 g/mol. The molecule has 0 atom stereocenters. The zero-order valence-corrected chi connectivity index (χ0v) is 19.5. The van der Waals surface area contributed by atoms with Crippen molar-refractivity contribution in [2.24, 2.45) is 5.73 Å². The molecule has 0 unspecified atom stereocenters. The van der Waals surface area contributed by atoms with Crippen LogP contribution in [-0.4, -0.2) is 21.8 Å². The molecule has 0 fully saturated rings. The minimum atomic E-state index is -0.509. The van der Waals surface area contributed by atoms with E-state index in [2.05, 4.69) is 21.4 Å². The number of anilines is 1. The Bertz CT molecular complexity index is 1520. The van der Waals surface area contributed by atoms with Crippen LogP contribution in [-0.2, 0) is 16.0 Å². The normalized spacial score (nSPS) is 11.5. The summed E-state index contributed by atoms with van der Waals surface area (Å²) in [5, 5.41) is 5.73. The van der Waals surface area contributed by atoms with Crippen molar-refractivity contribution in [3.63, 3.8) is 0 Å². The van der Waals surface area contributed by atoms with Gasteiger partial charge in [0.05, 0.1) is 6.42 Å². The van der Waals surface area contributed by atoms with Crippen molar-refractivity contribution in [1.82, 2.24) is 9.97 Å². The molecule has 5 rings (SSSR count). The zero-order chi connectivity index (χ0) is 24.2. The highest BCUT2D eigenvalue weighted by atomic mass is 32.1. The number of aromatic nitrogens is 2. The van der Waals surface area contributed by atoms with Crippen LogP contribution >= 0.6 is 11.3 Å². The maximum Gasteiger partial charge on any atom is 0.249 e. The number of benzene rings is 2. The van der Waals surface area contributed by atoms with Crippen molar-refractivity contribution in [3.05, 3.63) is 107 Å². The van der Waals surface area contributed by atoms with Gasteiger partial charge in [-0.1, -0.05) is 60.7 Å². The summed E-state index contributed by atoms with van der Waals surface area (Å²) < 4.78 is 0. The van der Waals surface area contributed by atoms with Crippen LogP contribution in [0.2, 0.25) is 0 Å². The fourth-order valence-electron chi connectivity index (χ4n) is 3.89. The molecule has 0 bridgehead atoms. The molecule has 0 aliphatic rings. The van der Waals surface area contributed by atoms with Gasteiger partial charge < -0.3 is 16.0 Å². The van der Waals surface area contributed by atoms with Crippen LogP contribution in [0.3, 0.4) is 0 Å². The van der Waals surface area contributed by atoms with Crippen molar-refractivity contribution in [1.29, 1.82) is 0 Å². The van der Waals surface area contributed by atoms with Crippen molar-refractivity contribution >= 4 is 51.7 Å². The molecule has 2 aromatic carbocycles. The summed E-state index contributed by atoms with van der Waals surface area (Å²) in [5.74, 6) is -0.202. The van der Waals surface area contributed by atoms with Crippen LogP contribution in [0.25, 0.3) is 33.1 Å². The minimum Gasteiger partial charge on any atom is -0.366 e. The number of nitrogens with two attached hydrogens (primary N) is 1. The number of fused-ring (bicyclic) bond motifs is 1. The molecule has 0 aliphatic heterocycles. The van der Waals surface area contributed by atoms with Gasteiger partial charge in [0.1, 0.15) is 11.5 Å². The lowest BCUT2D eigenvalue weighted by atomic mass is 10.0. The molecule has 0 saturated heterocycles. The van der Waals surface area contributed by atoms with Gasteiger partial charge in [-0.15, -0.1) is 11.3 Å². The summed E-state index contributed by atoms with van der Waals surface area (Å²) >= 11 is 1.69. The number of pyridine rings is 1. The van der Waals surface area contributed by atoms with Crippen molar-refractivity contribution < 1.29 is 9.59 Å². The Labute approximate surface area is 206 Å². The number of aromatic amines is 1. The van der Waals surface area contributed by atoms with Gasteiger partial charge in [0.25, 0.3) is 0 Å². The summed E-state index contributed by atoms with van der Waals surface area (Å²) in [6.07, 6.45) is 3.77. The molecule has 0 saturated carbocycles. The summed E-state index contributed by atoms with van der Waals surface area (Å²) in [6.45, 7) is 0. The Balaban J connectivity index is 1.31. The van der Waals surface area contributed by atoms with E-state index in [0.29, 0.717) is 17.0 Å². The van der Waals surface area contributed by atoms with Gasteiger partial charge in [0.15, 0.2) is 0 Å². The Hall–Kier alpha value is -4.49. The van der Waals surface area contributed by atoms with Gasteiger partial charge in [-0.2, -0.15) is 0 Å². The van der Waals surface area contributed by atoms with Crippen molar-refractivity contribution in [2.45, 2.75) is 6.42 Å². The lowest BCUT2D eigenvalue weighted by Crippen LogP contribution is -2.15. The van der Waals surface area contributed by atoms with E-state index >= 15 is 0 Å². The molecule has 4 N–H and O–H groups in total. The van der Waals surface area contributed by atoms with E-state index in [1.807, 2.05) is 72.1 Å². The quantitative estimate of drug-likeness (QED) is 0.269. The summed E-state index contributed by atoms with van der Waals surface area (Å²) in [7, 11) is 0. The number of nitrogens with zero attached hydrogens (tertiary/aromatic N) is 1. The third kappa shape index (κ3) is 5.05. The molecule has 35 heavy (non-hydrogen) atoms. The van der Waals surface area contributed by atoms with Crippen LogP contribution in [0.5, 0.6) is 0 Å². The molecule has 7 heteroatoms. The van der Waals surface area contributed by atoms with Gasteiger partial charge in [-0.25, -0.2) is 4.98 Å². The number of hydrogen-bond acceptors (Lipinski definition) is 4. The first-order chi connectivity index (χ1) is 17.1. The smallest absolute Gasteiger partial charge is 0.249 e. The maximum atomic E-state index is 12.6. The van der Waals surface area contributed by atoms with Crippen LogP contribution < -0.4 is 11.1 Å². The molecule has 2 amide bonds. The van der Waals surface area contributed by atoms with Gasteiger partial charge >= 0.3 is 0 Å². The minimum absolute atomic E-state index is 0.146. The highest BCUT2D eigenvalue weighted by Crippen LogP contribution is 2.26. The molecule has 5 aromatic rings. The van der Waals surface area contributed by atoms with E-state index in [1.165, 1.54) is 4.88 Å². The second kappa shape index (κ2) is 9.79. The van der Waals surface area contributed by atoms with Gasteiger partial charge in [0, 0.05) is 27.6 Å². The van der Waals surface area contributed by atoms with E-state index < -0.39 is 5.91 Å². The summed E-state index contributed by atoms with van der Waals surface area (Å²) in [6, 6.07) is 25.0. The summed E-state index contributed by atoms with van der Waals surface area (Å²) in [5.41, 5.74) is 10.2. The predicted octanol–water partition coefficient (Wildman–Crippen LogP) is 5.50. The second-order valence-electron chi connectivity index (χ2n) is 8.02. The Morgan fingerprint density at radius 2 is 1.77 bits per heavy atom. The molecule has 3 aromatic heterocycles. The van der Waals surface area contributed by atoms with Crippen LogP contribution in [0.1, 0.15) is 16.7 Å². The zero-order valence-electron chi connectivity index (χ0n) is 18.7. The van der Waals surface area contributed by atoms with Crippen molar-refractivity contribution in [3.8, 4) is 10.4 Å². The van der Waals surface area contributed by atoms with Gasteiger partial charge in [0.2, 0.25) is 11.8 Å². The highest BCUT2D eigenvalue weighted by Gasteiger charge is 2.12. The Kier molecular flexibility index (Phi) is 6.24. The lowest BCUT2D eigenvalue weighted by molar-refractivity contribution is -0.115. The fraction of sp³-hybridized carbons (Fsp3) is 0.0357. The molecule has 3 heterocycles.